The second kappa shape index (κ2) is 10.4. The smallest absolute Gasteiger partial charge is 0.338 e. The third-order valence-corrected chi connectivity index (χ3v) is 4.17. The lowest BCUT2D eigenvalue weighted by atomic mass is 9.87. The Hall–Kier alpha value is -3.35. The van der Waals surface area contributed by atoms with E-state index in [0.717, 1.165) is 5.75 Å². The van der Waals surface area contributed by atoms with Gasteiger partial charge in [0.15, 0.2) is 6.61 Å². The van der Waals surface area contributed by atoms with E-state index >= 15 is 0 Å². The Morgan fingerprint density at radius 3 is 2.33 bits per heavy atom. The molecule has 7 nitrogen and oxygen atoms in total. The summed E-state index contributed by atoms with van der Waals surface area (Å²) in [6, 6.07) is 14.2. The minimum absolute atomic E-state index is 0.0786. The summed E-state index contributed by atoms with van der Waals surface area (Å²) in [6.07, 6.45) is 0. The number of carbonyl (C=O) groups is 3. The van der Waals surface area contributed by atoms with Gasteiger partial charge in [0.1, 0.15) is 12.4 Å². The Balaban J connectivity index is 1.70. The zero-order valence-electron chi connectivity index (χ0n) is 17.8. The van der Waals surface area contributed by atoms with E-state index in [4.69, 9.17) is 9.47 Å². The molecule has 0 aliphatic heterocycles. The molecule has 0 radical (unpaired) electrons. The van der Waals surface area contributed by atoms with Gasteiger partial charge < -0.3 is 20.1 Å². The maximum Gasteiger partial charge on any atom is 0.338 e. The van der Waals surface area contributed by atoms with Crippen LogP contribution in [0, 0.1) is 0 Å². The van der Waals surface area contributed by atoms with Crippen molar-refractivity contribution >= 4 is 23.5 Å². The summed E-state index contributed by atoms with van der Waals surface area (Å²) < 4.78 is 10.6. The van der Waals surface area contributed by atoms with Crippen LogP contribution in [-0.4, -0.2) is 37.5 Å². The van der Waals surface area contributed by atoms with Crippen LogP contribution < -0.4 is 15.4 Å². The SMILES string of the molecule is CC(=O)Nc1cccc(C(=O)OCC(=O)NCCOc2ccc(C(C)(C)C)cc2)c1. The van der Waals surface area contributed by atoms with Crippen LogP contribution in [0.5, 0.6) is 5.75 Å². The van der Waals surface area contributed by atoms with Crippen molar-refractivity contribution in [3.05, 3.63) is 59.7 Å². The van der Waals surface area contributed by atoms with Crippen molar-refractivity contribution in [2.75, 3.05) is 25.1 Å². The van der Waals surface area contributed by atoms with Crippen LogP contribution in [0.15, 0.2) is 48.5 Å². The average molecular weight is 412 g/mol. The maximum atomic E-state index is 12.1. The minimum Gasteiger partial charge on any atom is -0.492 e. The van der Waals surface area contributed by atoms with Gasteiger partial charge in [-0.1, -0.05) is 39.0 Å². The third kappa shape index (κ3) is 7.58. The number of anilines is 1. The maximum absolute atomic E-state index is 12.1. The van der Waals surface area contributed by atoms with Crippen molar-refractivity contribution in [2.45, 2.75) is 33.1 Å². The lowest BCUT2D eigenvalue weighted by Gasteiger charge is -2.19. The van der Waals surface area contributed by atoms with Crippen LogP contribution >= 0.6 is 0 Å². The normalized spacial score (nSPS) is 10.8. The number of amides is 2. The summed E-state index contributed by atoms with van der Waals surface area (Å²) in [5, 5.41) is 5.22. The van der Waals surface area contributed by atoms with Crippen molar-refractivity contribution in [3.8, 4) is 5.75 Å². The first-order chi connectivity index (χ1) is 14.1. The largest absolute Gasteiger partial charge is 0.492 e. The summed E-state index contributed by atoms with van der Waals surface area (Å²) in [5.41, 5.74) is 2.02. The van der Waals surface area contributed by atoms with Crippen molar-refractivity contribution in [1.82, 2.24) is 5.32 Å². The highest BCUT2D eigenvalue weighted by molar-refractivity contribution is 5.94. The van der Waals surface area contributed by atoms with Gasteiger partial charge in [-0.2, -0.15) is 0 Å². The van der Waals surface area contributed by atoms with Gasteiger partial charge in [0.2, 0.25) is 5.91 Å². The van der Waals surface area contributed by atoms with Gasteiger partial charge in [0.25, 0.3) is 5.91 Å². The van der Waals surface area contributed by atoms with Gasteiger partial charge >= 0.3 is 5.97 Å². The predicted molar refractivity (Wildman–Crippen MR) is 115 cm³/mol. The van der Waals surface area contributed by atoms with Crippen LogP contribution in [0.3, 0.4) is 0 Å². The molecule has 0 unspecified atom stereocenters. The lowest BCUT2D eigenvalue weighted by Crippen LogP contribution is -2.32. The van der Waals surface area contributed by atoms with E-state index in [1.54, 1.807) is 18.2 Å². The Morgan fingerprint density at radius 2 is 1.70 bits per heavy atom. The fourth-order valence-electron chi connectivity index (χ4n) is 2.60. The van der Waals surface area contributed by atoms with E-state index in [2.05, 4.69) is 31.4 Å². The van der Waals surface area contributed by atoms with Crippen LogP contribution in [0.1, 0.15) is 43.6 Å². The molecule has 2 rings (SSSR count). The van der Waals surface area contributed by atoms with Crippen LogP contribution in [-0.2, 0) is 19.7 Å². The summed E-state index contributed by atoms with van der Waals surface area (Å²) in [4.78, 5) is 35.0. The van der Waals surface area contributed by atoms with E-state index in [-0.39, 0.29) is 23.4 Å². The highest BCUT2D eigenvalue weighted by atomic mass is 16.5. The number of carbonyl (C=O) groups excluding carboxylic acids is 3. The topological polar surface area (TPSA) is 93.7 Å². The molecule has 0 fully saturated rings. The molecule has 160 valence electrons. The van der Waals surface area contributed by atoms with Crippen molar-refractivity contribution in [1.29, 1.82) is 0 Å². The molecule has 0 bridgehead atoms. The van der Waals surface area contributed by atoms with E-state index < -0.39 is 18.5 Å². The Bertz CT molecular complexity index is 885. The molecule has 2 aromatic carbocycles. The third-order valence-electron chi connectivity index (χ3n) is 4.17. The number of ether oxygens (including phenoxy) is 2. The monoisotopic (exact) mass is 412 g/mol. The van der Waals surface area contributed by atoms with Crippen LogP contribution in [0.4, 0.5) is 5.69 Å². The second-order valence-corrected chi connectivity index (χ2v) is 7.81. The molecule has 0 aliphatic carbocycles. The molecule has 7 heteroatoms. The number of esters is 1. The summed E-state index contributed by atoms with van der Waals surface area (Å²) >= 11 is 0. The van der Waals surface area contributed by atoms with Gasteiger partial charge in [0.05, 0.1) is 12.1 Å². The van der Waals surface area contributed by atoms with Gasteiger partial charge in [-0.25, -0.2) is 4.79 Å². The molecule has 0 atom stereocenters. The molecular formula is C23H28N2O5. The molecule has 0 saturated carbocycles. The Morgan fingerprint density at radius 1 is 1.00 bits per heavy atom. The highest BCUT2D eigenvalue weighted by Gasteiger charge is 2.13. The Kier molecular flexibility index (Phi) is 7.98. The zero-order chi connectivity index (χ0) is 22.1. The van der Waals surface area contributed by atoms with Gasteiger partial charge in [0, 0.05) is 12.6 Å². The second-order valence-electron chi connectivity index (χ2n) is 7.81. The molecule has 0 aromatic heterocycles. The Labute approximate surface area is 176 Å². The molecule has 2 amide bonds. The van der Waals surface area contributed by atoms with Gasteiger partial charge in [-0.15, -0.1) is 0 Å². The number of benzene rings is 2. The molecule has 2 N–H and O–H groups in total. The lowest BCUT2D eigenvalue weighted by molar-refractivity contribution is -0.124. The predicted octanol–water partition coefficient (Wildman–Crippen LogP) is 3.29. The first-order valence-corrected chi connectivity index (χ1v) is 9.70. The zero-order valence-corrected chi connectivity index (χ0v) is 17.8. The summed E-state index contributed by atoms with van der Waals surface area (Å²) in [5.74, 6) is -0.587. The molecule has 0 spiro atoms. The number of nitrogens with one attached hydrogen (secondary N) is 2. The van der Waals surface area contributed by atoms with Gasteiger partial charge in [-0.3, -0.25) is 9.59 Å². The molecule has 2 aromatic rings. The summed E-state index contributed by atoms with van der Waals surface area (Å²) in [7, 11) is 0. The highest BCUT2D eigenvalue weighted by Crippen LogP contribution is 2.24. The number of hydrogen-bond acceptors (Lipinski definition) is 5. The molecule has 0 heterocycles. The van der Waals surface area contributed by atoms with E-state index in [1.165, 1.54) is 18.6 Å². The first kappa shape index (κ1) is 22.9. The molecule has 0 aliphatic rings. The number of rotatable bonds is 8. The quantitative estimate of drug-likeness (QED) is 0.513. The fourth-order valence-corrected chi connectivity index (χ4v) is 2.60. The standard InChI is InChI=1S/C23H28N2O5/c1-16(26)25-19-7-5-6-17(14-19)22(28)30-15-21(27)24-12-13-29-20-10-8-18(9-11-20)23(2,3)4/h5-11,14H,12-13,15H2,1-4H3,(H,24,27)(H,25,26). The fraction of sp³-hybridized carbons (Fsp3) is 0.348. The first-order valence-electron chi connectivity index (χ1n) is 9.70. The molecular weight excluding hydrogens is 384 g/mol. The van der Waals surface area contributed by atoms with E-state index in [1.807, 2.05) is 24.3 Å². The van der Waals surface area contributed by atoms with Crippen molar-refractivity contribution < 1.29 is 23.9 Å². The number of hydrogen-bond donors (Lipinski definition) is 2. The molecule has 0 saturated heterocycles. The average Bonchev–Trinajstić information content (AvgIpc) is 2.69. The van der Waals surface area contributed by atoms with Crippen molar-refractivity contribution in [3.63, 3.8) is 0 Å². The van der Waals surface area contributed by atoms with E-state index in [0.29, 0.717) is 12.3 Å². The minimum atomic E-state index is -0.646. The summed E-state index contributed by atoms with van der Waals surface area (Å²) in [6.45, 7) is 7.99. The molecule has 30 heavy (non-hydrogen) atoms. The van der Waals surface area contributed by atoms with Crippen LogP contribution in [0.2, 0.25) is 0 Å². The van der Waals surface area contributed by atoms with Gasteiger partial charge in [-0.05, 0) is 41.3 Å². The van der Waals surface area contributed by atoms with Crippen molar-refractivity contribution in [2.24, 2.45) is 0 Å². The van der Waals surface area contributed by atoms with E-state index in [9.17, 15) is 14.4 Å². The van der Waals surface area contributed by atoms with Crippen LogP contribution in [0.25, 0.3) is 0 Å².